The zero-order chi connectivity index (χ0) is 21.3. The molecule has 4 heterocycles. The fourth-order valence-corrected chi connectivity index (χ4v) is 6.13. The first-order valence-electron chi connectivity index (χ1n) is 11.5. The van der Waals surface area contributed by atoms with Crippen molar-refractivity contribution >= 4 is 38.3 Å². The highest BCUT2D eigenvalue weighted by molar-refractivity contribution is 7.19. The van der Waals surface area contributed by atoms with Crippen molar-refractivity contribution in [3.63, 3.8) is 0 Å². The molecule has 0 atom stereocenters. The van der Waals surface area contributed by atoms with Gasteiger partial charge in [-0.1, -0.05) is 24.3 Å². The van der Waals surface area contributed by atoms with Crippen molar-refractivity contribution < 1.29 is 4.74 Å². The predicted octanol–water partition coefficient (Wildman–Crippen LogP) is 4.56. The molecule has 1 aromatic carbocycles. The normalized spacial score (nSPS) is 17.0. The summed E-state index contributed by atoms with van der Waals surface area (Å²) in [5.74, 6) is 1.88. The van der Waals surface area contributed by atoms with Crippen molar-refractivity contribution in [2.24, 2.45) is 0 Å². The Labute approximate surface area is 191 Å². The molecule has 1 aliphatic heterocycles. The minimum absolute atomic E-state index is 0.697. The third kappa shape index (κ3) is 3.85. The Balaban J connectivity index is 1.37. The third-order valence-electron chi connectivity index (χ3n) is 6.49. The van der Waals surface area contributed by atoms with Crippen molar-refractivity contribution in [3.05, 3.63) is 58.4 Å². The minimum atomic E-state index is 0.697. The van der Waals surface area contributed by atoms with E-state index >= 15 is 0 Å². The predicted molar refractivity (Wildman–Crippen MR) is 129 cm³/mol. The van der Waals surface area contributed by atoms with Crippen LogP contribution in [0.15, 0.2) is 36.5 Å². The quantitative estimate of drug-likeness (QED) is 0.486. The summed E-state index contributed by atoms with van der Waals surface area (Å²) in [7, 11) is 0. The van der Waals surface area contributed by atoms with Gasteiger partial charge >= 0.3 is 0 Å². The molecule has 1 N–H and O–H groups in total. The van der Waals surface area contributed by atoms with Crippen LogP contribution >= 0.6 is 11.3 Å². The van der Waals surface area contributed by atoms with Crippen LogP contribution in [0.2, 0.25) is 0 Å². The molecule has 7 heteroatoms. The number of aryl methyl sites for hydroxylation is 2. The second-order valence-electron chi connectivity index (χ2n) is 8.61. The van der Waals surface area contributed by atoms with Crippen molar-refractivity contribution in [2.75, 3.05) is 31.6 Å². The topological polar surface area (TPSA) is 63.2 Å². The first kappa shape index (κ1) is 20.0. The van der Waals surface area contributed by atoms with Crippen LogP contribution in [0.3, 0.4) is 0 Å². The van der Waals surface area contributed by atoms with Gasteiger partial charge in [-0.15, -0.1) is 11.3 Å². The van der Waals surface area contributed by atoms with Gasteiger partial charge in [0.15, 0.2) is 0 Å². The molecule has 1 saturated heterocycles. The van der Waals surface area contributed by atoms with E-state index in [1.807, 2.05) is 23.6 Å². The summed E-state index contributed by atoms with van der Waals surface area (Å²) in [6, 6.07) is 10.5. The Kier molecular flexibility index (Phi) is 5.46. The van der Waals surface area contributed by atoms with Crippen LogP contribution in [0.25, 0.3) is 21.1 Å². The maximum atomic E-state index is 5.51. The third-order valence-corrected chi connectivity index (χ3v) is 7.68. The number of hydrogen-bond donors (Lipinski definition) is 1. The number of anilines is 1. The van der Waals surface area contributed by atoms with Crippen molar-refractivity contribution in [1.82, 2.24) is 19.9 Å². The number of benzene rings is 1. The monoisotopic (exact) mass is 445 g/mol. The van der Waals surface area contributed by atoms with E-state index in [1.54, 1.807) is 0 Å². The van der Waals surface area contributed by atoms with E-state index in [4.69, 9.17) is 14.7 Å². The number of rotatable bonds is 5. The highest BCUT2D eigenvalue weighted by Crippen LogP contribution is 2.39. The standard InChI is InChI=1S/C25H27N5OS/c1-2-9-20-19(8-1)22-24(27-15-18-6-3-5-17-7-4-10-26-23(17)18)28-21(29-25(22)32-20)16-30-11-13-31-14-12-30/h3-7,10H,1-2,8-9,11-16H2,(H,27,28,29). The molecule has 6 nitrogen and oxygen atoms in total. The molecule has 0 amide bonds. The molecular formula is C25H27N5OS. The van der Waals surface area contributed by atoms with Crippen molar-refractivity contribution in [1.29, 1.82) is 0 Å². The van der Waals surface area contributed by atoms with Crippen LogP contribution in [0.5, 0.6) is 0 Å². The molecule has 0 spiro atoms. The number of ether oxygens (including phenoxy) is 1. The van der Waals surface area contributed by atoms with Gasteiger partial charge in [0.05, 0.1) is 30.7 Å². The first-order chi connectivity index (χ1) is 15.8. The summed E-state index contributed by atoms with van der Waals surface area (Å²) in [5, 5.41) is 6.09. The molecule has 0 bridgehead atoms. The summed E-state index contributed by atoms with van der Waals surface area (Å²) in [6.07, 6.45) is 6.69. The fourth-order valence-electron chi connectivity index (χ4n) is 4.85. The number of para-hydroxylation sites is 1. The van der Waals surface area contributed by atoms with Gasteiger partial charge in [0.1, 0.15) is 16.5 Å². The summed E-state index contributed by atoms with van der Waals surface area (Å²) >= 11 is 1.87. The maximum Gasteiger partial charge on any atom is 0.146 e. The first-order valence-corrected chi connectivity index (χ1v) is 12.3. The molecule has 1 fully saturated rings. The largest absolute Gasteiger partial charge is 0.379 e. The lowest BCUT2D eigenvalue weighted by molar-refractivity contribution is 0.0331. The van der Waals surface area contributed by atoms with Gasteiger partial charge in [-0.25, -0.2) is 9.97 Å². The van der Waals surface area contributed by atoms with Crippen LogP contribution in [0, 0.1) is 0 Å². The Hall–Kier alpha value is -2.61. The van der Waals surface area contributed by atoms with Gasteiger partial charge in [0.2, 0.25) is 0 Å². The Morgan fingerprint density at radius 1 is 1.03 bits per heavy atom. The Morgan fingerprint density at radius 3 is 2.84 bits per heavy atom. The summed E-state index contributed by atoms with van der Waals surface area (Å²) < 4.78 is 5.51. The molecule has 0 saturated carbocycles. The Bertz CT molecular complexity index is 1260. The number of fused-ring (bicyclic) bond motifs is 4. The second-order valence-corrected chi connectivity index (χ2v) is 9.70. The van der Waals surface area contributed by atoms with E-state index in [0.717, 1.165) is 61.3 Å². The molecule has 1 aliphatic carbocycles. The summed E-state index contributed by atoms with van der Waals surface area (Å²) in [5.41, 5.74) is 3.70. The van der Waals surface area contributed by atoms with Crippen molar-refractivity contribution in [2.45, 2.75) is 38.8 Å². The van der Waals surface area contributed by atoms with E-state index < -0.39 is 0 Å². The molecule has 3 aromatic heterocycles. The summed E-state index contributed by atoms with van der Waals surface area (Å²) in [6.45, 7) is 4.91. The van der Waals surface area contributed by atoms with Gasteiger partial charge < -0.3 is 10.1 Å². The molecule has 0 radical (unpaired) electrons. The molecule has 6 rings (SSSR count). The van der Waals surface area contributed by atoms with Gasteiger partial charge in [0.25, 0.3) is 0 Å². The van der Waals surface area contributed by atoms with Gasteiger partial charge in [0, 0.05) is 36.1 Å². The van der Waals surface area contributed by atoms with E-state index in [1.165, 1.54) is 46.0 Å². The Morgan fingerprint density at radius 2 is 1.91 bits per heavy atom. The van der Waals surface area contributed by atoms with Crippen molar-refractivity contribution in [3.8, 4) is 0 Å². The number of nitrogens with one attached hydrogen (secondary N) is 1. The average Bonchev–Trinajstić information content (AvgIpc) is 3.22. The lowest BCUT2D eigenvalue weighted by Crippen LogP contribution is -2.36. The van der Waals surface area contributed by atoms with Crippen LogP contribution in [-0.2, 0) is 30.7 Å². The summed E-state index contributed by atoms with van der Waals surface area (Å²) in [4.78, 5) is 19.7. The number of aromatic nitrogens is 3. The SMILES string of the molecule is c1cnc2c(CNc3nc(CN4CCOCC4)nc4sc5c(c34)CCCC5)cccc2c1. The lowest BCUT2D eigenvalue weighted by atomic mass is 9.97. The van der Waals surface area contributed by atoms with Crippen LogP contribution in [0.1, 0.15) is 34.7 Å². The zero-order valence-electron chi connectivity index (χ0n) is 18.1. The zero-order valence-corrected chi connectivity index (χ0v) is 19.0. The maximum absolute atomic E-state index is 5.51. The van der Waals surface area contributed by atoms with E-state index in [-0.39, 0.29) is 0 Å². The molecular weight excluding hydrogens is 418 g/mol. The number of thiophene rings is 1. The smallest absolute Gasteiger partial charge is 0.146 e. The van der Waals surface area contributed by atoms with Gasteiger partial charge in [-0.3, -0.25) is 9.88 Å². The fraction of sp³-hybridized carbons (Fsp3) is 0.400. The molecule has 0 unspecified atom stereocenters. The van der Waals surface area contributed by atoms with Crippen LogP contribution in [-0.4, -0.2) is 46.2 Å². The van der Waals surface area contributed by atoms with E-state index in [9.17, 15) is 0 Å². The van der Waals surface area contributed by atoms with Gasteiger partial charge in [-0.2, -0.15) is 0 Å². The average molecular weight is 446 g/mol. The van der Waals surface area contributed by atoms with E-state index in [2.05, 4.69) is 39.5 Å². The lowest BCUT2D eigenvalue weighted by Gasteiger charge is -2.25. The number of pyridine rings is 1. The highest BCUT2D eigenvalue weighted by Gasteiger charge is 2.22. The van der Waals surface area contributed by atoms with E-state index in [0.29, 0.717) is 6.54 Å². The molecule has 32 heavy (non-hydrogen) atoms. The number of nitrogens with zero attached hydrogens (tertiary/aromatic N) is 4. The van der Waals surface area contributed by atoms with Crippen LogP contribution < -0.4 is 5.32 Å². The highest BCUT2D eigenvalue weighted by atomic mass is 32.1. The molecule has 164 valence electrons. The van der Waals surface area contributed by atoms with Crippen LogP contribution in [0.4, 0.5) is 5.82 Å². The second kappa shape index (κ2) is 8.73. The minimum Gasteiger partial charge on any atom is -0.379 e. The van der Waals surface area contributed by atoms with Gasteiger partial charge in [-0.05, 0) is 42.9 Å². The number of hydrogen-bond acceptors (Lipinski definition) is 7. The molecule has 2 aliphatic rings. The molecule has 4 aromatic rings. The number of morpholine rings is 1.